The number of aromatic nitrogens is 1. The minimum Gasteiger partial charge on any atom is -0.408 e. The molecule has 31 heavy (non-hydrogen) atoms. The van der Waals surface area contributed by atoms with E-state index in [0.717, 1.165) is 19.3 Å². The second-order valence-corrected chi connectivity index (χ2v) is 11.4. The number of amides is 1. The van der Waals surface area contributed by atoms with E-state index in [-0.39, 0.29) is 22.9 Å². The molecule has 4 rings (SSSR count). The molecule has 0 bridgehead atoms. The number of benzene rings is 1. The van der Waals surface area contributed by atoms with Gasteiger partial charge in [-0.05, 0) is 49.1 Å². The molecule has 1 aromatic heterocycles. The van der Waals surface area contributed by atoms with Crippen molar-refractivity contribution in [3.63, 3.8) is 0 Å². The van der Waals surface area contributed by atoms with Gasteiger partial charge >= 0.3 is 5.76 Å². The standard InChI is InChI=1S/C22H31N3O5S/c1-15-6-8-24(9-7-15)31(28,29)18-4-5-19-20(11-18)30-22(27)25(19)14-21(26)23-12-16(2)10-17(3)13-23/h4-5,11,15-17H,6-10,12-14H2,1-3H3/t16-,17-/m1/s1. The van der Waals surface area contributed by atoms with Gasteiger partial charge in [-0.15, -0.1) is 0 Å². The molecule has 2 atom stereocenters. The highest BCUT2D eigenvalue weighted by molar-refractivity contribution is 7.89. The number of hydrogen-bond donors (Lipinski definition) is 0. The monoisotopic (exact) mass is 449 g/mol. The van der Waals surface area contributed by atoms with Gasteiger partial charge in [0.15, 0.2) is 5.58 Å². The molecular weight excluding hydrogens is 418 g/mol. The number of likely N-dealkylation sites (tertiary alicyclic amines) is 1. The molecular formula is C22H31N3O5S. The number of piperidine rings is 2. The molecule has 0 spiro atoms. The quantitative estimate of drug-likeness (QED) is 0.715. The largest absolute Gasteiger partial charge is 0.420 e. The maximum Gasteiger partial charge on any atom is 0.420 e. The Morgan fingerprint density at radius 2 is 1.71 bits per heavy atom. The summed E-state index contributed by atoms with van der Waals surface area (Å²) in [5.41, 5.74) is 0.618. The first-order chi connectivity index (χ1) is 14.6. The van der Waals surface area contributed by atoms with Gasteiger partial charge in [-0.2, -0.15) is 4.31 Å². The third-order valence-electron chi connectivity index (χ3n) is 6.54. The summed E-state index contributed by atoms with van der Waals surface area (Å²) in [5.74, 6) is 0.599. The molecule has 2 aliphatic heterocycles. The summed E-state index contributed by atoms with van der Waals surface area (Å²) in [6.45, 7) is 8.62. The van der Waals surface area contributed by atoms with Gasteiger partial charge in [-0.3, -0.25) is 9.36 Å². The number of rotatable bonds is 4. The first-order valence-corrected chi connectivity index (χ1v) is 12.5. The van der Waals surface area contributed by atoms with E-state index in [1.807, 2.05) is 0 Å². The van der Waals surface area contributed by atoms with Crippen LogP contribution in [0.25, 0.3) is 11.1 Å². The van der Waals surface area contributed by atoms with Crippen LogP contribution in [-0.2, 0) is 21.4 Å². The molecule has 8 nitrogen and oxygen atoms in total. The van der Waals surface area contributed by atoms with Crippen LogP contribution in [0.1, 0.15) is 40.0 Å². The topological polar surface area (TPSA) is 92.8 Å². The molecule has 1 aromatic carbocycles. The number of sulfonamides is 1. The van der Waals surface area contributed by atoms with Crippen molar-refractivity contribution in [2.45, 2.75) is 51.5 Å². The predicted octanol–water partition coefficient (Wildman–Crippen LogP) is 2.52. The Morgan fingerprint density at radius 1 is 1.06 bits per heavy atom. The van der Waals surface area contributed by atoms with Gasteiger partial charge in [0.1, 0.15) is 6.54 Å². The zero-order valence-corrected chi connectivity index (χ0v) is 19.2. The van der Waals surface area contributed by atoms with Gasteiger partial charge in [-0.1, -0.05) is 20.8 Å². The number of carbonyl (C=O) groups is 1. The van der Waals surface area contributed by atoms with Gasteiger partial charge in [-0.25, -0.2) is 13.2 Å². The molecule has 1 amide bonds. The Labute approximate surface area is 182 Å². The van der Waals surface area contributed by atoms with Gasteiger partial charge in [0.25, 0.3) is 0 Å². The van der Waals surface area contributed by atoms with E-state index in [2.05, 4.69) is 20.8 Å². The van der Waals surface area contributed by atoms with Gasteiger partial charge < -0.3 is 9.32 Å². The summed E-state index contributed by atoms with van der Waals surface area (Å²) in [5, 5.41) is 0. The Morgan fingerprint density at radius 3 is 2.35 bits per heavy atom. The van der Waals surface area contributed by atoms with Gasteiger partial charge in [0, 0.05) is 32.2 Å². The predicted molar refractivity (Wildman–Crippen MR) is 117 cm³/mol. The van der Waals surface area contributed by atoms with Crippen molar-refractivity contribution >= 4 is 27.0 Å². The molecule has 2 aromatic rings. The molecule has 2 fully saturated rings. The van der Waals surface area contributed by atoms with Gasteiger partial charge in [0.05, 0.1) is 10.4 Å². The van der Waals surface area contributed by atoms with E-state index in [1.165, 1.54) is 21.0 Å². The summed E-state index contributed by atoms with van der Waals surface area (Å²) >= 11 is 0. The van der Waals surface area contributed by atoms with E-state index >= 15 is 0 Å². The number of nitrogens with zero attached hydrogens (tertiary/aromatic N) is 3. The lowest BCUT2D eigenvalue weighted by Crippen LogP contribution is -2.44. The van der Waals surface area contributed by atoms with Crippen molar-refractivity contribution in [2.75, 3.05) is 26.2 Å². The molecule has 0 aliphatic carbocycles. The third-order valence-corrected chi connectivity index (χ3v) is 8.43. The Kier molecular flexibility index (Phi) is 6.00. The summed E-state index contributed by atoms with van der Waals surface area (Å²) in [6, 6.07) is 4.46. The van der Waals surface area contributed by atoms with E-state index in [4.69, 9.17) is 4.42 Å². The maximum absolute atomic E-state index is 13.0. The highest BCUT2D eigenvalue weighted by Gasteiger charge is 2.30. The van der Waals surface area contributed by atoms with Gasteiger partial charge in [0.2, 0.25) is 15.9 Å². The highest BCUT2D eigenvalue weighted by atomic mass is 32.2. The lowest BCUT2D eigenvalue weighted by molar-refractivity contribution is -0.134. The van der Waals surface area contributed by atoms with Crippen LogP contribution < -0.4 is 5.76 Å². The second kappa shape index (κ2) is 8.43. The normalized spacial score (nSPS) is 24.0. The summed E-state index contributed by atoms with van der Waals surface area (Å²) in [6.07, 6.45) is 2.76. The summed E-state index contributed by atoms with van der Waals surface area (Å²) < 4.78 is 34.1. The van der Waals surface area contributed by atoms with E-state index in [0.29, 0.717) is 49.4 Å². The Hall–Kier alpha value is -2.13. The molecule has 2 saturated heterocycles. The minimum atomic E-state index is -3.65. The van der Waals surface area contributed by atoms with Crippen molar-refractivity contribution in [1.29, 1.82) is 0 Å². The molecule has 0 saturated carbocycles. The smallest absolute Gasteiger partial charge is 0.408 e. The number of carbonyl (C=O) groups excluding carboxylic acids is 1. The average Bonchev–Trinajstić information content (AvgIpc) is 3.02. The van der Waals surface area contributed by atoms with Crippen LogP contribution in [0.4, 0.5) is 0 Å². The van der Waals surface area contributed by atoms with Crippen molar-refractivity contribution < 1.29 is 17.6 Å². The van der Waals surface area contributed by atoms with Crippen LogP contribution in [0.5, 0.6) is 0 Å². The molecule has 9 heteroatoms. The number of hydrogen-bond acceptors (Lipinski definition) is 5. The fourth-order valence-corrected chi connectivity index (χ4v) is 6.32. The van der Waals surface area contributed by atoms with Crippen molar-refractivity contribution in [3.05, 3.63) is 28.7 Å². The molecule has 0 N–H and O–H groups in total. The van der Waals surface area contributed by atoms with E-state index in [9.17, 15) is 18.0 Å². The first-order valence-electron chi connectivity index (χ1n) is 11.1. The fraction of sp³-hybridized carbons (Fsp3) is 0.636. The van der Waals surface area contributed by atoms with Crippen LogP contribution in [0, 0.1) is 17.8 Å². The number of oxazole rings is 1. The molecule has 0 radical (unpaired) electrons. The Bertz CT molecular complexity index is 1120. The third kappa shape index (κ3) is 4.43. The Balaban J connectivity index is 1.58. The SMILES string of the molecule is CC1CCN(S(=O)(=O)c2ccc3c(c2)oc(=O)n3CC(=O)N2C[C@H](C)C[C@@H](C)C2)CC1. The highest BCUT2D eigenvalue weighted by Crippen LogP contribution is 2.26. The lowest BCUT2D eigenvalue weighted by Gasteiger charge is -2.35. The zero-order chi connectivity index (χ0) is 22.3. The molecule has 3 heterocycles. The van der Waals surface area contributed by atoms with Crippen molar-refractivity contribution in [2.24, 2.45) is 17.8 Å². The zero-order valence-electron chi connectivity index (χ0n) is 18.4. The van der Waals surface area contributed by atoms with Crippen molar-refractivity contribution in [3.8, 4) is 0 Å². The van der Waals surface area contributed by atoms with E-state index in [1.54, 1.807) is 11.0 Å². The lowest BCUT2D eigenvalue weighted by atomic mass is 9.92. The second-order valence-electron chi connectivity index (χ2n) is 9.42. The minimum absolute atomic E-state index is 0.110. The van der Waals surface area contributed by atoms with Crippen LogP contribution in [0.2, 0.25) is 0 Å². The number of fused-ring (bicyclic) bond motifs is 1. The fourth-order valence-electron chi connectivity index (χ4n) is 4.83. The van der Waals surface area contributed by atoms with Crippen molar-refractivity contribution in [1.82, 2.24) is 13.8 Å². The van der Waals surface area contributed by atoms with Crippen LogP contribution in [0.3, 0.4) is 0 Å². The van der Waals surface area contributed by atoms with Crippen LogP contribution >= 0.6 is 0 Å². The van der Waals surface area contributed by atoms with Crippen LogP contribution in [-0.4, -0.2) is 54.3 Å². The van der Waals surface area contributed by atoms with E-state index < -0.39 is 15.8 Å². The molecule has 0 unspecified atom stereocenters. The molecule has 2 aliphatic rings. The maximum atomic E-state index is 13.0. The molecule has 170 valence electrons. The summed E-state index contributed by atoms with van der Waals surface area (Å²) in [7, 11) is -3.65. The first kappa shape index (κ1) is 22.1. The summed E-state index contributed by atoms with van der Waals surface area (Å²) in [4.78, 5) is 27.2. The van der Waals surface area contributed by atoms with Crippen LogP contribution in [0.15, 0.2) is 32.3 Å². The average molecular weight is 450 g/mol.